The summed E-state index contributed by atoms with van der Waals surface area (Å²) in [4.78, 5) is 97.8. The van der Waals surface area contributed by atoms with Crippen LogP contribution in [0.4, 0.5) is 21.6 Å². The lowest BCUT2D eigenvalue weighted by Gasteiger charge is -2.47. The Morgan fingerprint density at radius 3 is 2.43 bits per heavy atom. The van der Waals surface area contributed by atoms with Crippen LogP contribution < -0.4 is 26.6 Å². The van der Waals surface area contributed by atoms with E-state index in [9.17, 15) is 33.6 Å². The largest absolute Gasteiger partial charge is 0.382 e. The van der Waals surface area contributed by atoms with Crippen molar-refractivity contribution in [1.29, 1.82) is 0 Å². The molecule has 3 fully saturated rings. The Labute approximate surface area is 400 Å². The number of amides is 6. The van der Waals surface area contributed by atoms with Crippen LogP contribution >= 0.6 is 23.2 Å². The van der Waals surface area contributed by atoms with Crippen LogP contribution in [0.1, 0.15) is 106 Å². The van der Waals surface area contributed by atoms with Gasteiger partial charge in [0, 0.05) is 65.6 Å². The van der Waals surface area contributed by atoms with E-state index in [1.54, 1.807) is 48.5 Å². The van der Waals surface area contributed by atoms with Gasteiger partial charge in [0.1, 0.15) is 23.1 Å². The van der Waals surface area contributed by atoms with Gasteiger partial charge < -0.3 is 25.4 Å². The van der Waals surface area contributed by atoms with Crippen LogP contribution in [0, 0.1) is 5.82 Å². The third-order valence-corrected chi connectivity index (χ3v) is 14.3. The normalized spacial score (nSPS) is 22.6. The summed E-state index contributed by atoms with van der Waals surface area (Å²) in [5, 5.41) is 15.1. The molecule has 5 aliphatic rings. The Morgan fingerprint density at radius 2 is 1.66 bits per heavy atom. The molecular formula is C49H48Cl2FN7O9. The maximum absolute atomic E-state index is 16.2. The first kappa shape index (κ1) is 47.0. The van der Waals surface area contributed by atoms with Gasteiger partial charge in [-0.25, -0.2) is 9.37 Å². The summed E-state index contributed by atoms with van der Waals surface area (Å²) in [5.74, 6) is -4.89. The Morgan fingerprint density at radius 1 is 0.882 bits per heavy atom. The standard InChI is InChI=1S/C49H48Cl2FN7O9/c50-28-13-14-31-34(25-28)55-47(66)49(31)40(30-8-4-9-32(51)41(30)52)42(58-48(49)18-2-1-3-19-48)44(63)56-37-16-12-27(26-54-37)36(60)11-6-21-67-23-24-68-22-20-53-33-10-5-7-29-39(33)46(65)59(45(29)64)35-15-17-38(61)57-43(35)62/h4-5,7-10,12-14,16,25-26,35,40,42,53,58H,1-3,6,11,15,17-24H2,(H,55,66)(H,54,56,63)(H,57,61,62)/t35?,40-,42+,49+/m0/s1. The average Bonchev–Trinajstić information content (AvgIpc) is 3.88. The molecule has 2 saturated heterocycles. The van der Waals surface area contributed by atoms with Crippen molar-refractivity contribution < 1.29 is 47.4 Å². The number of imide groups is 2. The predicted octanol–water partition coefficient (Wildman–Crippen LogP) is 6.32. The van der Waals surface area contributed by atoms with Crippen LogP contribution in [-0.4, -0.2) is 102 Å². The molecule has 5 heterocycles. The summed E-state index contributed by atoms with van der Waals surface area (Å²) >= 11 is 12.7. The molecular weight excluding hydrogens is 920 g/mol. The monoisotopic (exact) mass is 967 g/mol. The van der Waals surface area contributed by atoms with E-state index in [0.29, 0.717) is 59.9 Å². The van der Waals surface area contributed by atoms with Gasteiger partial charge in [-0.15, -0.1) is 0 Å². The van der Waals surface area contributed by atoms with E-state index in [-0.39, 0.29) is 78.3 Å². The number of benzene rings is 3. The number of ether oxygens (including phenoxy) is 2. The van der Waals surface area contributed by atoms with Gasteiger partial charge >= 0.3 is 0 Å². The highest BCUT2D eigenvalue weighted by molar-refractivity contribution is 6.31. The number of carbonyl (C=O) groups is 7. The molecule has 1 saturated carbocycles. The summed E-state index contributed by atoms with van der Waals surface area (Å²) in [5.41, 5.74) is 0.119. The number of pyridine rings is 1. The van der Waals surface area contributed by atoms with E-state index in [2.05, 4.69) is 31.6 Å². The fourth-order valence-corrected chi connectivity index (χ4v) is 11.1. The van der Waals surface area contributed by atoms with Gasteiger partial charge in [0.05, 0.1) is 42.0 Å². The van der Waals surface area contributed by atoms with Gasteiger partial charge in [0.25, 0.3) is 11.8 Å². The van der Waals surface area contributed by atoms with Crippen LogP contribution in [0.5, 0.6) is 0 Å². The molecule has 0 radical (unpaired) electrons. The highest BCUT2D eigenvalue weighted by atomic mass is 35.5. The van der Waals surface area contributed by atoms with Crippen LogP contribution in [0.15, 0.2) is 72.9 Å². The Kier molecular flexibility index (Phi) is 13.5. The Balaban J connectivity index is 0.755. The van der Waals surface area contributed by atoms with Crippen molar-refractivity contribution in [3.05, 3.63) is 117 Å². The molecule has 1 unspecified atom stereocenters. The molecule has 0 bridgehead atoms. The summed E-state index contributed by atoms with van der Waals surface area (Å²) in [6.07, 6.45) is 5.79. The summed E-state index contributed by atoms with van der Waals surface area (Å²) < 4.78 is 27.5. The minimum absolute atomic E-state index is 0.0325. The fourth-order valence-electron chi connectivity index (χ4n) is 10.8. The van der Waals surface area contributed by atoms with Crippen LogP contribution in [0.2, 0.25) is 10.0 Å². The third kappa shape index (κ3) is 8.44. The van der Waals surface area contributed by atoms with Gasteiger partial charge in [0.15, 0.2) is 5.78 Å². The molecule has 3 aromatic carbocycles. The number of halogens is 3. The molecule has 4 aromatic rings. The maximum atomic E-state index is 16.2. The molecule has 16 nitrogen and oxygen atoms in total. The molecule has 1 aliphatic carbocycles. The number of Topliss-reactive ketones (excluding diaryl/α,β-unsaturated/α-hetero) is 1. The second-order valence-corrected chi connectivity index (χ2v) is 18.5. The SMILES string of the molecule is O=C1CCC(N2C(=O)c3cccc(NCCOCCOCCCC(=O)c4ccc(NC(=O)[C@@H]5NC6(CCCCC6)[C@@]6(C(=O)Nc7cc(Cl)ccc76)[C@H]5c5cccc(Cl)c5F)nc4)c3C2=O)C(=O)N1. The molecule has 9 rings (SSSR count). The molecule has 19 heteroatoms. The molecule has 1 aromatic heterocycles. The molecule has 6 amide bonds. The van der Waals surface area contributed by atoms with Crippen molar-refractivity contribution in [2.45, 2.75) is 86.7 Å². The zero-order valence-corrected chi connectivity index (χ0v) is 38.3. The number of nitrogens with zero attached hydrogens (tertiary/aromatic N) is 2. The zero-order valence-electron chi connectivity index (χ0n) is 36.8. The van der Waals surface area contributed by atoms with Crippen LogP contribution in [-0.2, 0) is 34.1 Å². The minimum atomic E-state index is -1.39. The highest BCUT2D eigenvalue weighted by Crippen LogP contribution is 2.63. The Bertz CT molecular complexity index is 2720. The first-order chi connectivity index (χ1) is 32.8. The number of aromatic nitrogens is 1. The number of anilines is 3. The van der Waals surface area contributed by atoms with Crippen LogP contribution in [0.25, 0.3) is 0 Å². The van der Waals surface area contributed by atoms with E-state index >= 15 is 4.39 Å². The topological polar surface area (TPSA) is 214 Å². The van der Waals surface area contributed by atoms with Crippen molar-refractivity contribution in [3.63, 3.8) is 0 Å². The number of rotatable bonds is 16. The Hall–Kier alpha value is -6.11. The molecule has 4 atom stereocenters. The summed E-state index contributed by atoms with van der Waals surface area (Å²) in [6, 6.07) is 15.6. The van der Waals surface area contributed by atoms with Gasteiger partial charge in [0.2, 0.25) is 23.6 Å². The van der Waals surface area contributed by atoms with Crippen molar-refractivity contribution in [3.8, 4) is 0 Å². The molecule has 354 valence electrons. The van der Waals surface area contributed by atoms with Gasteiger partial charge in [-0.2, -0.15) is 0 Å². The van der Waals surface area contributed by atoms with Gasteiger partial charge in [-0.3, -0.25) is 49.1 Å². The van der Waals surface area contributed by atoms with Crippen molar-refractivity contribution in [1.82, 2.24) is 20.5 Å². The van der Waals surface area contributed by atoms with E-state index in [1.165, 1.54) is 24.4 Å². The number of hydrogen-bond acceptors (Lipinski definition) is 12. The van der Waals surface area contributed by atoms with Crippen molar-refractivity contribution in [2.24, 2.45) is 0 Å². The maximum Gasteiger partial charge on any atom is 0.264 e. The quantitative estimate of drug-likeness (QED) is 0.0474. The molecule has 2 spiro atoms. The number of carbonyl (C=O) groups excluding carboxylic acids is 7. The van der Waals surface area contributed by atoms with Crippen molar-refractivity contribution >= 4 is 81.6 Å². The second kappa shape index (κ2) is 19.5. The average molecular weight is 969 g/mol. The first-order valence-corrected chi connectivity index (χ1v) is 23.5. The lowest BCUT2D eigenvalue weighted by atomic mass is 9.55. The summed E-state index contributed by atoms with van der Waals surface area (Å²) in [7, 11) is 0. The fraction of sp³-hybridized carbons (Fsp3) is 0.388. The van der Waals surface area contributed by atoms with Crippen molar-refractivity contribution in [2.75, 3.05) is 48.9 Å². The molecule has 5 N–H and O–H groups in total. The van der Waals surface area contributed by atoms with E-state index in [4.69, 9.17) is 32.7 Å². The third-order valence-electron chi connectivity index (χ3n) is 13.7. The van der Waals surface area contributed by atoms with Gasteiger partial charge in [-0.05, 0) is 79.3 Å². The minimum Gasteiger partial charge on any atom is -0.382 e. The van der Waals surface area contributed by atoms with E-state index < -0.39 is 64.3 Å². The first-order valence-electron chi connectivity index (χ1n) is 22.7. The van der Waals surface area contributed by atoms with E-state index in [1.807, 2.05) is 0 Å². The van der Waals surface area contributed by atoms with E-state index in [0.717, 1.165) is 24.2 Å². The second-order valence-electron chi connectivity index (χ2n) is 17.6. The number of ketones is 1. The lowest BCUT2D eigenvalue weighted by Crippen LogP contribution is -2.60. The van der Waals surface area contributed by atoms with Crippen LogP contribution in [0.3, 0.4) is 0 Å². The van der Waals surface area contributed by atoms with Gasteiger partial charge in [-0.1, -0.05) is 66.7 Å². The zero-order chi connectivity index (χ0) is 47.7. The predicted molar refractivity (Wildman–Crippen MR) is 248 cm³/mol. The molecule has 68 heavy (non-hydrogen) atoms. The summed E-state index contributed by atoms with van der Waals surface area (Å²) in [6.45, 7) is 1.41. The number of hydrogen-bond donors (Lipinski definition) is 5. The number of piperidine rings is 1. The smallest absolute Gasteiger partial charge is 0.264 e. The molecule has 4 aliphatic heterocycles. The highest BCUT2D eigenvalue weighted by Gasteiger charge is 2.72. The number of fused-ring (bicyclic) bond motifs is 4. The number of nitrogens with one attached hydrogen (secondary N) is 5. The lowest BCUT2D eigenvalue weighted by molar-refractivity contribution is -0.136.